The molecule has 128 valence electrons. The summed E-state index contributed by atoms with van der Waals surface area (Å²) >= 11 is 0. The second-order valence-electron chi connectivity index (χ2n) is 5.87. The maximum atomic E-state index is 12.3. The van der Waals surface area contributed by atoms with Gasteiger partial charge in [0.2, 0.25) is 5.91 Å². The van der Waals surface area contributed by atoms with E-state index in [9.17, 15) is 9.59 Å². The molecule has 24 heavy (non-hydrogen) atoms. The highest BCUT2D eigenvalue weighted by atomic mass is 16.5. The number of nitrogens with one attached hydrogen (secondary N) is 1. The molecule has 1 heterocycles. The normalized spacial score (nSPS) is 11.9. The smallest absolute Gasteiger partial charge is 0.303 e. The largest absolute Gasteiger partial charge is 0.481 e. The lowest BCUT2D eigenvalue weighted by Crippen LogP contribution is -2.38. The number of aliphatic carboxylic acids is 1. The van der Waals surface area contributed by atoms with Crippen molar-refractivity contribution in [2.75, 3.05) is 0 Å². The number of aryl methyl sites for hydroxylation is 2. The molecule has 0 aliphatic rings. The highest BCUT2D eigenvalue weighted by molar-refractivity contribution is 5.79. The summed E-state index contributed by atoms with van der Waals surface area (Å²) in [7, 11) is 0. The molecule has 1 aromatic heterocycles. The van der Waals surface area contributed by atoms with Crippen LogP contribution >= 0.6 is 0 Å². The number of benzene rings is 1. The Kier molecular flexibility index (Phi) is 6.12. The first-order valence-corrected chi connectivity index (χ1v) is 7.92. The number of amides is 1. The molecule has 0 spiro atoms. The van der Waals surface area contributed by atoms with E-state index in [2.05, 4.69) is 10.5 Å². The summed E-state index contributed by atoms with van der Waals surface area (Å²) in [6.07, 6.45) is 1.18. The van der Waals surface area contributed by atoms with Crippen LogP contribution in [0.25, 0.3) is 0 Å². The van der Waals surface area contributed by atoms with Gasteiger partial charge in [-0.05, 0) is 32.3 Å². The van der Waals surface area contributed by atoms with Crippen molar-refractivity contribution in [3.63, 3.8) is 0 Å². The van der Waals surface area contributed by atoms with Gasteiger partial charge in [-0.1, -0.05) is 35.5 Å². The van der Waals surface area contributed by atoms with Crippen molar-refractivity contribution >= 4 is 11.9 Å². The molecule has 1 unspecified atom stereocenters. The first-order valence-electron chi connectivity index (χ1n) is 7.92. The molecule has 0 fully saturated rings. The Morgan fingerprint density at radius 2 is 1.96 bits per heavy atom. The van der Waals surface area contributed by atoms with Gasteiger partial charge < -0.3 is 14.9 Å². The van der Waals surface area contributed by atoms with Gasteiger partial charge in [-0.2, -0.15) is 0 Å². The Hall–Kier alpha value is -2.63. The minimum absolute atomic E-state index is 0.0170. The molecule has 0 bridgehead atoms. The first kappa shape index (κ1) is 17.7. The average molecular weight is 330 g/mol. The molecular formula is C18H22N2O4. The second-order valence-corrected chi connectivity index (χ2v) is 5.87. The summed E-state index contributed by atoms with van der Waals surface area (Å²) in [5, 5.41) is 15.7. The van der Waals surface area contributed by atoms with Crippen molar-refractivity contribution < 1.29 is 19.2 Å². The highest BCUT2D eigenvalue weighted by Gasteiger charge is 2.18. The number of carbonyl (C=O) groups excluding carboxylic acids is 1. The van der Waals surface area contributed by atoms with Gasteiger partial charge >= 0.3 is 5.97 Å². The molecule has 2 rings (SSSR count). The van der Waals surface area contributed by atoms with Crippen LogP contribution in [-0.4, -0.2) is 28.2 Å². The Balaban J connectivity index is 2.00. The van der Waals surface area contributed by atoms with Gasteiger partial charge in [0, 0.05) is 18.0 Å². The molecule has 0 aliphatic heterocycles. The number of nitrogens with zero attached hydrogens (tertiary/aromatic N) is 1. The van der Waals surface area contributed by atoms with E-state index < -0.39 is 5.97 Å². The molecule has 1 atom stereocenters. The van der Waals surface area contributed by atoms with Crippen LogP contribution in [0, 0.1) is 13.8 Å². The SMILES string of the molecule is Cc1noc(C)c1CC(=O)NC(CCC(=O)O)Cc1ccccc1. The van der Waals surface area contributed by atoms with Crippen molar-refractivity contribution in [3.8, 4) is 0 Å². The van der Waals surface area contributed by atoms with E-state index in [1.165, 1.54) is 0 Å². The first-order chi connectivity index (χ1) is 11.5. The van der Waals surface area contributed by atoms with Crippen LogP contribution in [0.1, 0.15) is 35.4 Å². The number of rotatable bonds is 8. The molecule has 1 amide bonds. The molecule has 6 nitrogen and oxygen atoms in total. The predicted octanol–water partition coefficient (Wildman–Crippen LogP) is 2.43. The fraction of sp³-hybridized carbons (Fsp3) is 0.389. The Morgan fingerprint density at radius 1 is 1.25 bits per heavy atom. The van der Waals surface area contributed by atoms with E-state index in [1.807, 2.05) is 30.3 Å². The zero-order valence-electron chi connectivity index (χ0n) is 13.9. The maximum absolute atomic E-state index is 12.3. The minimum atomic E-state index is -0.868. The Morgan fingerprint density at radius 3 is 2.54 bits per heavy atom. The maximum Gasteiger partial charge on any atom is 0.303 e. The van der Waals surface area contributed by atoms with E-state index in [4.69, 9.17) is 9.63 Å². The van der Waals surface area contributed by atoms with E-state index in [-0.39, 0.29) is 24.8 Å². The van der Waals surface area contributed by atoms with Gasteiger partial charge in [0.25, 0.3) is 0 Å². The molecule has 0 aliphatic carbocycles. The minimum Gasteiger partial charge on any atom is -0.481 e. The van der Waals surface area contributed by atoms with Crippen molar-refractivity contribution in [3.05, 3.63) is 52.9 Å². The molecule has 1 aromatic carbocycles. The number of carboxylic acid groups (broad SMARTS) is 1. The van der Waals surface area contributed by atoms with E-state index in [0.29, 0.717) is 24.3 Å². The quantitative estimate of drug-likeness (QED) is 0.775. The Bertz CT molecular complexity index is 675. The fourth-order valence-electron chi connectivity index (χ4n) is 2.62. The topological polar surface area (TPSA) is 92.4 Å². The molecule has 6 heteroatoms. The van der Waals surface area contributed by atoms with Crippen LogP contribution in [0.4, 0.5) is 0 Å². The number of hydrogen-bond donors (Lipinski definition) is 2. The monoisotopic (exact) mass is 330 g/mol. The van der Waals surface area contributed by atoms with Gasteiger partial charge in [-0.25, -0.2) is 0 Å². The van der Waals surface area contributed by atoms with Crippen LogP contribution in [0.5, 0.6) is 0 Å². The molecule has 0 radical (unpaired) electrons. The van der Waals surface area contributed by atoms with Gasteiger partial charge in [-0.3, -0.25) is 9.59 Å². The summed E-state index contributed by atoms with van der Waals surface area (Å²) in [4.78, 5) is 23.2. The van der Waals surface area contributed by atoms with Gasteiger partial charge in [-0.15, -0.1) is 0 Å². The van der Waals surface area contributed by atoms with Crippen molar-refractivity contribution in [2.45, 2.75) is 45.6 Å². The van der Waals surface area contributed by atoms with Crippen molar-refractivity contribution in [1.82, 2.24) is 10.5 Å². The fourth-order valence-corrected chi connectivity index (χ4v) is 2.62. The zero-order valence-corrected chi connectivity index (χ0v) is 13.9. The third-order valence-corrected chi connectivity index (χ3v) is 3.92. The summed E-state index contributed by atoms with van der Waals surface area (Å²) in [6.45, 7) is 3.57. The molecule has 0 saturated heterocycles. The summed E-state index contributed by atoms with van der Waals surface area (Å²) in [5.41, 5.74) is 2.54. The van der Waals surface area contributed by atoms with Crippen LogP contribution in [0.15, 0.2) is 34.9 Å². The highest BCUT2D eigenvalue weighted by Crippen LogP contribution is 2.14. The number of carbonyl (C=O) groups is 2. The standard InChI is InChI=1S/C18H22N2O4/c1-12-16(13(2)24-20-12)11-17(21)19-15(8-9-18(22)23)10-14-6-4-3-5-7-14/h3-7,15H,8-11H2,1-2H3,(H,19,21)(H,22,23). The second kappa shape index (κ2) is 8.29. The molecule has 2 aromatic rings. The summed E-state index contributed by atoms with van der Waals surface area (Å²) in [5.74, 6) is -0.392. The third-order valence-electron chi connectivity index (χ3n) is 3.92. The van der Waals surface area contributed by atoms with E-state index in [0.717, 1.165) is 11.1 Å². The average Bonchev–Trinajstić information content (AvgIpc) is 2.85. The van der Waals surface area contributed by atoms with Crippen LogP contribution in [-0.2, 0) is 22.4 Å². The molecule has 2 N–H and O–H groups in total. The van der Waals surface area contributed by atoms with Gasteiger partial charge in [0.15, 0.2) is 0 Å². The third kappa shape index (κ3) is 5.22. The lowest BCUT2D eigenvalue weighted by Gasteiger charge is -2.18. The lowest BCUT2D eigenvalue weighted by atomic mass is 10.0. The predicted molar refractivity (Wildman–Crippen MR) is 88.6 cm³/mol. The van der Waals surface area contributed by atoms with E-state index in [1.54, 1.807) is 13.8 Å². The van der Waals surface area contributed by atoms with Crippen LogP contribution in [0.3, 0.4) is 0 Å². The van der Waals surface area contributed by atoms with Crippen LogP contribution < -0.4 is 5.32 Å². The van der Waals surface area contributed by atoms with Crippen LogP contribution in [0.2, 0.25) is 0 Å². The lowest BCUT2D eigenvalue weighted by molar-refractivity contribution is -0.137. The molecule has 0 saturated carbocycles. The zero-order chi connectivity index (χ0) is 17.5. The number of aromatic nitrogens is 1. The summed E-state index contributed by atoms with van der Waals surface area (Å²) < 4.78 is 5.07. The van der Waals surface area contributed by atoms with E-state index >= 15 is 0 Å². The number of carboxylic acids is 1. The Labute approximate surface area is 140 Å². The van der Waals surface area contributed by atoms with Crippen molar-refractivity contribution in [2.24, 2.45) is 0 Å². The number of hydrogen-bond acceptors (Lipinski definition) is 4. The van der Waals surface area contributed by atoms with Gasteiger partial charge in [0.05, 0.1) is 12.1 Å². The van der Waals surface area contributed by atoms with Crippen molar-refractivity contribution in [1.29, 1.82) is 0 Å². The van der Waals surface area contributed by atoms with Gasteiger partial charge in [0.1, 0.15) is 5.76 Å². The molecular weight excluding hydrogens is 308 g/mol. The summed E-state index contributed by atoms with van der Waals surface area (Å²) in [6, 6.07) is 9.48.